The van der Waals surface area contributed by atoms with E-state index in [4.69, 9.17) is 18.0 Å². The maximum Gasteiger partial charge on any atom is 0.179 e. The van der Waals surface area contributed by atoms with Gasteiger partial charge < -0.3 is 10.6 Å². The fraction of sp³-hybridized carbons (Fsp3) is 0.143. The molecule has 1 aromatic carbocycles. The van der Waals surface area contributed by atoms with Crippen LogP contribution in [0.2, 0.25) is 0 Å². The highest BCUT2D eigenvalue weighted by Crippen LogP contribution is 2.27. The maximum absolute atomic E-state index is 11.8. The summed E-state index contributed by atoms with van der Waals surface area (Å²) in [6.45, 7) is 0. The van der Waals surface area contributed by atoms with Gasteiger partial charge in [0, 0.05) is 30.8 Å². The number of nitrogens with zero attached hydrogens (tertiary/aromatic N) is 2. The van der Waals surface area contributed by atoms with E-state index < -0.39 is 9.84 Å². The van der Waals surface area contributed by atoms with Gasteiger partial charge in [-0.15, -0.1) is 0 Å². The molecule has 1 aromatic heterocycles. The van der Waals surface area contributed by atoms with Crippen LogP contribution >= 0.6 is 12.2 Å². The van der Waals surface area contributed by atoms with Gasteiger partial charge >= 0.3 is 0 Å². The van der Waals surface area contributed by atoms with Crippen LogP contribution < -0.4 is 10.6 Å². The van der Waals surface area contributed by atoms with Crippen molar-refractivity contribution in [3.63, 3.8) is 0 Å². The van der Waals surface area contributed by atoms with Gasteiger partial charge in [0.15, 0.2) is 15.7 Å². The number of hydrogen-bond acceptors (Lipinski definition) is 5. The number of hydrogen-bond donors (Lipinski definition) is 1. The molecule has 0 saturated carbocycles. The van der Waals surface area contributed by atoms with Crippen LogP contribution in [0.3, 0.4) is 0 Å². The summed E-state index contributed by atoms with van der Waals surface area (Å²) in [4.78, 5) is 6.39. The number of pyridine rings is 1. The first-order chi connectivity index (χ1) is 9.80. The van der Waals surface area contributed by atoms with E-state index in [2.05, 4.69) is 4.98 Å². The normalized spacial score (nSPS) is 11.1. The summed E-state index contributed by atoms with van der Waals surface area (Å²) in [5, 5.41) is 0. The van der Waals surface area contributed by atoms with Gasteiger partial charge in [-0.25, -0.2) is 13.4 Å². The van der Waals surface area contributed by atoms with Crippen LogP contribution in [-0.4, -0.2) is 31.7 Å². The summed E-state index contributed by atoms with van der Waals surface area (Å²) in [6, 6.07) is 10.3. The molecule has 0 saturated heterocycles. The molecule has 0 atom stereocenters. The number of nitrogens with two attached hydrogens (primary N) is 1. The third-order valence-electron chi connectivity index (χ3n) is 3.01. The van der Waals surface area contributed by atoms with Gasteiger partial charge in [0.1, 0.15) is 9.88 Å². The smallest absolute Gasteiger partial charge is 0.179 e. The minimum atomic E-state index is -3.35. The molecular weight excluding hydrogens is 306 g/mol. The summed E-state index contributed by atoms with van der Waals surface area (Å²) in [5.74, 6) is 0.378. The number of thiocarbonyl (C=S) groups is 1. The Morgan fingerprint density at radius 1 is 1.24 bits per heavy atom. The lowest BCUT2D eigenvalue weighted by atomic mass is 10.2. The molecule has 0 aliphatic heterocycles. The number of aromatic nitrogens is 1. The van der Waals surface area contributed by atoms with Gasteiger partial charge in [0.2, 0.25) is 0 Å². The molecule has 2 rings (SSSR count). The first-order valence-corrected chi connectivity index (χ1v) is 8.39. The lowest BCUT2D eigenvalue weighted by molar-refractivity contribution is 0.601. The Morgan fingerprint density at radius 2 is 1.86 bits per heavy atom. The number of rotatable bonds is 4. The van der Waals surface area contributed by atoms with Crippen molar-refractivity contribution in [2.45, 2.75) is 4.90 Å². The highest BCUT2D eigenvalue weighted by atomic mass is 32.2. The second kappa shape index (κ2) is 5.79. The standard InChI is InChI=1S/C14H15N3O2S2/c1-17(11-7-5-10(6-8-11)13(15)20)14-12(21(2,18)19)4-3-9-16-14/h3-9H,1-2H3,(H2,15,20). The molecule has 0 aliphatic carbocycles. The van der Waals surface area contributed by atoms with Crippen molar-refractivity contribution in [3.8, 4) is 0 Å². The van der Waals surface area contributed by atoms with Crippen LogP contribution in [0.25, 0.3) is 0 Å². The lowest BCUT2D eigenvalue weighted by Gasteiger charge is -2.20. The largest absolute Gasteiger partial charge is 0.389 e. The van der Waals surface area contributed by atoms with Gasteiger partial charge in [-0.2, -0.15) is 0 Å². The zero-order chi connectivity index (χ0) is 15.6. The zero-order valence-corrected chi connectivity index (χ0v) is 13.3. The average molecular weight is 321 g/mol. The minimum Gasteiger partial charge on any atom is -0.389 e. The van der Waals surface area contributed by atoms with E-state index in [0.29, 0.717) is 10.8 Å². The summed E-state index contributed by atoms with van der Waals surface area (Å²) in [7, 11) is -1.60. The Labute approximate surface area is 129 Å². The number of sulfone groups is 1. The summed E-state index contributed by atoms with van der Waals surface area (Å²) in [6.07, 6.45) is 2.72. The molecule has 2 aromatic rings. The van der Waals surface area contributed by atoms with Gasteiger partial charge in [-0.3, -0.25) is 0 Å². The molecule has 110 valence electrons. The van der Waals surface area contributed by atoms with E-state index in [0.717, 1.165) is 17.5 Å². The first kappa shape index (κ1) is 15.4. The lowest BCUT2D eigenvalue weighted by Crippen LogP contribution is -2.16. The quantitative estimate of drug-likeness (QED) is 0.867. The van der Waals surface area contributed by atoms with Gasteiger partial charge in [0.25, 0.3) is 0 Å². The molecule has 7 heteroatoms. The van der Waals surface area contributed by atoms with Crippen molar-refractivity contribution in [2.75, 3.05) is 18.2 Å². The fourth-order valence-corrected chi connectivity index (χ4v) is 2.88. The third kappa shape index (κ3) is 3.37. The minimum absolute atomic E-state index is 0.186. The van der Waals surface area contributed by atoms with Crippen molar-refractivity contribution in [1.82, 2.24) is 4.98 Å². The predicted molar refractivity (Wildman–Crippen MR) is 87.7 cm³/mol. The molecular formula is C14H15N3O2S2. The molecule has 1 heterocycles. The molecule has 0 amide bonds. The van der Waals surface area contributed by atoms with E-state index in [1.54, 1.807) is 36.3 Å². The Morgan fingerprint density at radius 3 is 2.38 bits per heavy atom. The van der Waals surface area contributed by atoms with Gasteiger partial charge in [-0.1, -0.05) is 12.2 Å². The summed E-state index contributed by atoms with van der Waals surface area (Å²) < 4.78 is 23.7. The van der Waals surface area contributed by atoms with Crippen molar-refractivity contribution in [3.05, 3.63) is 48.2 Å². The molecule has 2 N–H and O–H groups in total. The predicted octanol–water partition coefficient (Wildman–Crippen LogP) is 1.89. The van der Waals surface area contributed by atoms with Crippen LogP contribution in [0, 0.1) is 0 Å². The summed E-state index contributed by atoms with van der Waals surface area (Å²) in [5.41, 5.74) is 7.10. The van der Waals surface area contributed by atoms with Crippen molar-refractivity contribution < 1.29 is 8.42 Å². The second-order valence-corrected chi connectivity index (χ2v) is 6.99. The van der Waals surface area contributed by atoms with Gasteiger partial charge in [0.05, 0.1) is 0 Å². The Bertz CT molecular complexity index is 771. The first-order valence-electron chi connectivity index (χ1n) is 6.09. The Hall–Kier alpha value is -1.99. The number of anilines is 2. The van der Waals surface area contributed by atoms with Crippen LogP contribution in [0.1, 0.15) is 5.56 Å². The van der Waals surface area contributed by atoms with Crippen LogP contribution in [-0.2, 0) is 9.84 Å². The van der Waals surface area contributed by atoms with E-state index >= 15 is 0 Å². The van der Waals surface area contributed by atoms with E-state index in [1.807, 2.05) is 12.1 Å². The van der Waals surface area contributed by atoms with Crippen molar-refractivity contribution >= 4 is 38.5 Å². The second-order valence-electron chi connectivity index (χ2n) is 4.57. The Kier molecular flexibility index (Phi) is 4.24. The molecule has 0 aliphatic rings. The fourth-order valence-electron chi connectivity index (χ4n) is 1.90. The molecule has 21 heavy (non-hydrogen) atoms. The zero-order valence-electron chi connectivity index (χ0n) is 11.6. The molecule has 5 nitrogen and oxygen atoms in total. The number of benzene rings is 1. The molecule has 0 bridgehead atoms. The van der Waals surface area contributed by atoms with Crippen LogP contribution in [0.4, 0.5) is 11.5 Å². The van der Waals surface area contributed by atoms with E-state index in [1.165, 1.54) is 6.07 Å². The summed E-state index contributed by atoms with van der Waals surface area (Å²) >= 11 is 4.91. The SMILES string of the molecule is CN(c1ccc(C(N)=S)cc1)c1ncccc1S(C)(=O)=O. The molecule has 0 spiro atoms. The maximum atomic E-state index is 11.8. The average Bonchev–Trinajstić information content (AvgIpc) is 2.45. The molecule has 0 fully saturated rings. The Balaban J connectivity index is 2.45. The van der Waals surface area contributed by atoms with Crippen molar-refractivity contribution in [2.24, 2.45) is 5.73 Å². The van der Waals surface area contributed by atoms with Crippen molar-refractivity contribution in [1.29, 1.82) is 0 Å². The molecule has 0 unspecified atom stereocenters. The van der Waals surface area contributed by atoms with Crippen LogP contribution in [0.5, 0.6) is 0 Å². The third-order valence-corrected chi connectivity index (χ3v) is 4.36. The van der Waals surface area contributed by atoms with Crippen LogP contribution in [0.15, 0.2) is 47.5 Å². The van der Waals surface area contributed by atoms with E-state index in [9.17, 15) is 8.42 Å². The van der Waals surface area contributed by atoms with E-state index in [-0.39, 0.29) is 4.90 Å². The topological polar surface area (TPSA) is 76.3 Å². The highest BCUT2D eigenvalue weighted by molar-refractivity contribution is 7.90. The molecule has 0 radical (unpaired) electrons. The van der Waals surface area contributed by atoms with Gasteiger partial charge in [-0.05, 0) is 36.4 Å². The monoisotopic (exact) mass is 321 g/mol. The highest BCUT2D eigenvalue weighted by Gasteiger charge is 2.18.